The predicted molar refractivity (Wildman–Crippen MR) is 120 cm³/mol. The lowest BCUT2D eigenvalue weighted by molar-refractivity contribution is -0.138. The molecule has 0 bridgehead atoms. The predicted octanol–water partition coefficient (Wildman–Crippen LogP) is -0.491. The molecule has 174 valence electrons. The van der Waals surface area contributed by atoms with Crippen LogP contribution in [0.15, 0.2) is 11.4 Å². The van der Waals surface area contributed by atoms with E-state index in [0.717, 1.165) is 4.43 Å². The fourth-order valence-electron chi connectivity index (χ4n) is 3.47. The Bertz CT molecular complexity index is 1010. The highest BCUT2D eigenvalue weighted by molar-refractivity contribution is 14.1. The number of aliphatic carboxylic acids is 1. The molecule has 2 aromatic heterocycles. The number of carboxylic acid groups (broad SMARTS) is 1. The normalized spacial score (nSPS) is 24.0. The van der Waals surface area contributed by atoms with Gasteiger partial charge in [0.05, 0.1) is 0 Å². The molecule has 16 heteroatoms. The van der Waals surface area contributed by atoms with Crippen molar-refractivity contribution in [2.75, 3.05) is 29.8 Å². The number of nitrogen functional groups attached to an aromatic ring is 1. The number of nitrogens with two attached hydrogens (primary N) is 2. The van der Waals surface area contributed by atoms with Crippen molar-refractivity contribution in [3.05, 3.63) is 16.8 Å². The number of hydrogen-bond acceptors (Lipinski definition) is 11. The average molecular weight is 562 g/mol. The number of alkyl halides is 1. The van der Waals surface area contributed by atoms with Gasteiger partial charge in [0.2, 0.25) is 5.95 Å². The molecule has 3 heterocycles. The number of rotatable bonds is 10. The monoisotopic (exact) mass is 562 g/mol. The Morgan fingerprint density at radius 1 is 1.41 bits per heavy atom. The zero-order valence-electron chi connectivity index (χ0n) is 16.8. The Morgan fingerprint density at radius 3 is 2.81 bits per heavy atom. The molecule has 0 aromatic carbocycles. The largest absolute Gasteiger partial charge is 0.480 e. The lowest BCUT2D eigenvalue weighted by Crippen LogP contribution is -2.43. The van der Waals surface area contributed by atoms with Gasteiger partial charge in [-0.2, -0.15) is 0 Å². The summed E-state index contributed by atoms with van der Waals surface area (Å²) in [7, 11) is 0. The number of anilines is 1. The average Bonchev–Trinajstić information content (AvgIpc) is 3.25. The number of halogens is 1. The molecule has 0 saturated carbocycles. The van der Waals surface area contributed by atoms with Crippen LogP contribution >= 0.6 is 22.6 Å². The molecule has 7 N–H and O–H groups in total. The number of aliphatic hydroxyl groups excluding tert-OH is 2. The maximum Gasteiger partial charge on any atom is 0.320 e. The first-order valence-electron chi connectivity index (χ1n) is 9.60. The fourth-order valence-corrected chi connectivity index (χ4v) is 4.15. The second kappa shape index (κ2) is 10.5. The Kier molecular flexibility index (Phi) is 7.99. The van der Waals surface area contributed by atoms with E-state index in [-0.39, 0.29) is 35.9 Å². The van der Waals surface area contributed by atoms with Crippen molar-refractivity contribution in [2.45, 2.75) is 37.0 Å². The van der Waals surface area contributed by atoms with Gasteiger partial charge in [0.25, 0.3) is 0 Å². The van der Waals surface area contributed by atoms with Crippen LogP contribution in [-0.2, 0) is 9.53 Å². The van der Waals surface area contributed by atoms with Crippen LogP contribution < -0.4 is 11.5 Å². The van der Waals surface area contributed by atoms with Crippen molar-refractivity contribution in [1.29, 1.82) is 0 Å². The first-order chi connectivity index (χ1) is 15.3. The molecular formula is C16H23IN10O5. The Hall–Kier alpha value is -2.34. The van der Waals surface area contributed by atoms with Gasteiger partial charge in [0.15, 0.2) is 23.2 Å². The number of fused-ring (bicyclic) bond motifs is 1. The van der Waals surface area contributed by atoms with Gasteiger partial charge in [-0.15, -0.1) is 0 Å². The third kappa shape index (κ3) is 5.01. The Labute approximate surface area is 195 Å². The minimum Gasteiger partial charge on any atom is -0.480 e. The number of aliphatic hydroxyl groups is 2. The molecule has 0 amide bonds. The van der Waals surface area contributed by atoms with Gasteiger partial charge >= 0.3 is 5.97 Å². The summed E-state index contributed by atoms with van der Waals surface area (Å²) < 4.78 is 7.96. The van der Waals surface area contributed by atoms with Crippen LogP contribution in [0.25, 0.3) is 21.6 Å². The number of ether oxygens (including phenoxy) is 1. The molecule has 5 atom stereocenters. The third-order valence-corrected chi connectivity index (χ3v) is 5.61. The molecule has 15 nitrogen and oxygen atoms in total. The first kappa shape index (κ1) is 24.3. The second-order valence-electron chi connectivity index (χ2n) is 7.17. The summed E-state index contributed by atoms with van der Waals surface area (Å²) in [6.07, 6.45) is -3.24. The van der Waals surface area contributed by atoms with Crippen molar-refractivity contribution in [3.63, 3.8) is 0 Å². The van der Waals surface area contributed by atoms with E-state index < -0.39 is 36.6 Å². The van der Waals surface area contributed by atoms with Gasteiger partial charge in [0, 0.05) is 29.0 Å². The smallest absolute Gasteiger partial charge is 0.320 e. The molecule has 1 saturated heterocycles. The van der Waals surface area contributed by atoms with E-state index in [4.69, 9.17) is 26.8 Å². The fraction of sp³-hybridized carbons (Fsp3) is 0.625. The number of azide groups is 1. The van der Waals surface area contributed by atoms with Crippen LogP contribution in [0.5, 0.6) is 0 Å². The molecule has 0 unspecified atom stereocenters. The minimum atomic E-state index is -1.39. The quantitative estimate of drug-likeness (QED) is 0.0814. The highest BCUT2D eigenvalue weighted by Crippen LogP contribution is 2.36. The molecule has 2 aromatic rings. The van der Waals surface area contributed by atoms with E-state index in [1.54, 1.807) is 0 Å². The summed E-state index contributed by atoms with van der Waals surface area (Å²) in [5.41, 5.74) is 20.7. The summed E-state index contributed by atoms with van der Waals surface area (Å²) in [6, 6.07) is -1.01. The summed E-state index contributed by atoms with van der Waals surface area (Å²) in [4.78, 5) is 27.7. The maximum atomic E-state index is 11.0. The molecule has 0 aliphatic carbocycles. The van der Waals surface area contributed by atoms with Gasteiger partial charge in [-0.1, -0.05) is 22.6 Å². The van der Waals surface area contributed by atoms with Crippen LogP contribution in [0.3, 0.4) is 0 Å². The van der Waals surface area contributed by atoms with E-state index in [0.29, 0.717) is 13.1 Å². The van der Waals surface area contributed by atoms with Gasteiger partial charge in [-0.05, 0) is 17.1 Å². The van der Waals surface area contributed by atoms with Crippen molar-refractivity contribution in [3.8, 4) is 0 Å². The number of aromatic nitrogens is 4. The molecule has 3 rings (SSSR count). The van der Waals surface area contributed by atoms with E-state index >= 15 is 0 Å². The summed E-state index contributed by atoms with van der Waals surface area (Å²) in [5, 5.41) is 33.9. The van der Waals surface area contributed by atoms with E-state index in [1.165, 1.54) is 10.9 Å². The number of imidazole rings is 1. The SMILES string of the molecule is [N-]=[N+]=Nc1nc2c(N)ncnc2n1[C@@H]1O[C@H](CN(CCI)CC[C@H](N)C(=O)O)[C@@H](O)[C@H]1O. The number of carbonyl (C=O) groups is 1. The van der Waals surface area contributed by atoms with E-state index in [1.807, 2.05) is 4.90 Å². The topological polar surface area (TPSA) is 235 Å². The zero-order valence-corrected chi connectivity index (χ0v) is 18.9. The second-order valence-corrected chi connectivity index (χ2v) is 8.25. The standard InChI is InChI=1S/C16H23IN10O5/c17-2-4-26(3-1-7(18)15(30)31)5-8-10(28)11(29)14(32-8)27-13-9(12(19)21-6-22-13)23-16(27)24-25-20/h6-8,10-11,14,28-29H,1-5,18H2,(H,30,31)(H2,19,21,22)/t7-,8+,10+,11+,14+/m0/s1. The zero-order chi connectivity index (χ0) is 23.4. The molecule has 0 radical (unpaired) electrons. The van der Waals surface area contributed by atoms with Gasteiger partial charge in [0.1, 0.15) is 30.7 Å². The summed E-state index contributed by atoms with van der Waals surface area (Å²) >= 11 is 2.18. The first-order valence-corrected chi connectivity index (χ1v) is 11.1. The van der Waals surface area contributed by atoms with E-state index in [9.17, 15) is 15.0 Å². The van der Waals surface area contributed by atoms with Gasteiger partial charge in [-0.25, -0.2) is 15.0 Å². The minimum absolute atomic E-state index is 0.0516. The number of hydrogen-bond donors (Lipinski definition) is 5. The van der Waals surface area contributed by atoms with Gasteiger partial charge in [-0.3, -0.25) is 14.3 Å². The molecule has 32 heavy (non-hydrogen) atoms. The lowest BCUT2D eigenvalue weighted by Gasteiger charge is -2.26. The summed E-state index contributed by atoms with van der Waals surface area (Å²) in [5.74, 6) is -1.19. The Balaban J connectivity index is 1.84. The summed E-state index contributed by atoms with van der Waals surface area (Å²) in [6.45, 7) is 1.18. The van der Waals surface area contributed by atoms with Crippen LogP contribution in [0.4, 0.5) is 11.8 Å². The van der Waals surface area contributed by atoms with Crippen LogP contribution in [-0.4, -0.2) is 94.1 Å². The maximum absolute atomic E-state index is 11.0. The van der Waals surface area contributed by atoms with Crippen molar-refractivity contribution in [2.24, 2.45) is 10.8 Å². The number of nitrogens with zero attached hydrogens (tertiary/aromatic N) is 8. The van der Waals surface area contributed by atoms with Crippen molar-refractivity contribution < 1.29 is 24.9 Å². The van der Waals surface area contributed by atoms with E-state index in [2.05, 4.69) is 47.6 Å². The highest BCUT2D eigenvalue weighted by atomic mass is 127. The van der Waals surface area contributed by atoms with Crippen LogP contribution in [0.2, 0.25) is 0 Å². The molecular weight excluding hydrogens is 539 g/mol. The lowest BCUT2D eigenvalue weighted by atomic mass is 10.1. The molecule has 1 fully saturated rings. The third-order valence-electron chi connectivity index (χ3n) is 5.12. The van der Waals surface area contributed by atoms with Crippen LogP contribution in [0, 0.1) is 0 Å². The van der Waals surface area contributed by atoms with Crippen molar-refractivity contribution in [1.82, 2.24) is 24.4 Å². The molecule has 0 spiro atoms. The van der Waals surface area contributed by atoms with Crippen LogP contribution in [0.1, 0.15) is 12.6 Å². The van der Waals surface area contributed by atoms with Crippen molar-refractivity contribution >= 4 is 51.5 Å². The molecule has 1 aliphatic heterocycles. The highest BCUT2D eigenvalue weighted by Gasteiger charge is 2.45. The number of carboxylic acids is 1. The van der Waals surface area contributed by atoms with Gasteiger partial charge < -0.3 is 31.5 Å². The Morgan fingerprint density at radius 2 is 2.16 bits per heavy atom. The molecule has 1 aliphatic rings.